The Morgan fingerprint density at radius 1 is 1.26 bits per heavy atom. The van der Waals surface area contributed by atoms with E-state index in [4.69, 9.17) is 11.6 Å². The number of halogens is 3. The summed E-state index contributed by atoms with van der Waals surface area (Å²) in [4.78, 5) is 6.27. The molecule has 0 amide bonds. The third kappa shape index (κ3) is 3.26. The Morgan fingerprint density at radius 3 is 2.93 bits per heavy atom. The largest absolute Gasteiger partial charge is 0.373 e. The highest BCUT2D eigenvalue weighted by atomic mass is 35.5. The molecule has 3 aromatic rings. The highest BCUT2D eigenvalue weighted by molar-refractivity contribution is 6.31. The van der Waals surface area contributed by atoms with Crippen LogP contribution in [0.15, 0.2) is 48.9 Å². The minimum atomic E-state index is -0.799. The third-order valence-corrected chi connectivity index (χ3v) is 4.73. The maximum Gasteiger partial charge on any atom is 0.144 e. The highest BCUT2D eigenvalue weighted by Crippen LogP contribution is 2.33. The molecule has 4 rings (SSSR count). The van der Waals surface area contributed by atoms with Gasteiger partial charge in [-0.1, -0.05) is 11.6 Å². The lowest BCUT2D eigenvalue weighted by Gasteiger charge is -2.27. The Hall–Kier alpha value is -2.93. The molecule has 2 aromatic heterocycles. The molecule has 0 fully saturated rings. The van der Waals surface area contributed by atoms with E-state index in [0.717, 1.165) is 29.7 Å². The second-order valence-electron chi connectivity index (χ2n) is 6.09. The van der Waals surface area contributed by atoms with E-state index in [2.05, 4.69) is 32.3 Å². The molecule has 2 N–H and O–H groups in total. The van der Waals surface area contributed by atoms with Gasteiger partial charge in [-0.15, -0.1) is 0 Å². The number of aromatic amines is 1. The Balaban J connectivity index is 1.64. The Bertz CT molecular complexity index is 1020. The molecule has 1 unspecified atom stereocenters. The number of nitrogens with one attached hydrogen (secondary N) is 2. The van der Waals surface area contributed by atoms with Gasteiger partial charge in [0.15, 0.2) is 0 Å². The predicted molar refractivity (Wildman–Crippen MR) is 102 cm³/mol. The van der Waals surface area contributed by atoms with Crippen molar-refractivity contribution in [3.05, 3.63) is 71.3 Å². The number of pyridine rings is 1. The molecule has 1 atom stereocenters. The zero-order valence-corrected chi connectivity index (χ0v) is 15.1. The number of benzene rings is 1. The molecule has 1 aliphatic rings. The third-order valence-electron chi connectivity index (χ3n) is 4.44. The molecule has 27 heavy (non-hydrogen) atoms. The van der Waals surface area contributed by atoms with E-state index in [1.54, 1.807) is 24.5 Å². The molecule has 1 aromatic carbocycles. The summed E-state index contributed by atoms with van der Waals surface area (Å²) in [6, 6.07) is 5.36. The van der Waals surface area contributed by atoms with Crippen molar-refractivity contribution in [2.45, 2.75) is 13.0 Å². The van der Waals surface area contributed by atoms with Gasteiger partial charge >= 0.3 is 0 Å². The molecule has 0 radical (unpaired) electrons. The highest BCUT2D eigenvalue weighted by Gasteiger charge is 2.22. The molecule has 0 spiro atoms. The SMILES string of the molecule is CCN1C=CC(Nc2ccnc(-c3cc(Cl)c(F)cc3F)c2)c2[nH]ncc21. The quantitative estimate of drug-likeness (QED) is 0.624. The van der Waals surface area contributed by atoms with Gasteiger partial charge in [-0.2, -0.15) is 5.10 Å². The second kappa shape index (κ2) is 7.00. The number of H-pyrrole nitrogens is 1. The van der Waals surface area contributed by atoms with Crippen LogP contribution in [0.2, 0.25) is 5.02 Å². The summed E-state index contributed by atoms with van der Waals surface area (Å²) in [5.74, 6) is -1.51. The molecule has 8 heteroatoms. The van der Waals surface area contributed by atoms with Crippen molar-refractivity contribution in [1.82, 2.24) is 15.2 Å². The van der Waals surface area contributed by atoms with E-state index >= 15 is 0 Å². The number of rotatable bonds is 4. The van der Waals surface area contributed by atoms with Crippen molar-refractivity contribution in [2.75, 3.05) is 16.8 Å². The summed E-state index contributed by atoms with van der Waals surface area (Å²) in [5, 5.41) is 10.4. The molecule has 0 bridgehead atoms. The average molecular weight is 388 g/mol. The molecular weight excluding hydrogens is 372 g/mol. The molecule has 1 aliphatic heterocycles. The van der Waals surface area contributed by atoms with Crippen LogP contribution in [0.25, 0.3) is 11.3 Å². The van der Waals surface area contributed by atoms with Crippen LogP contribution in [0.1, 0.15) is 18.7 Å². The number of nitrogens with zero attached hydrogens (tertiary/aromatic N) is 3. The molecule has 0 saturated heterocycles. The van der Waals surface area contributed by atoms with Gasteiger partial charge < -0.3 is 10.2 Å². The summed E-state index contributed by atoms with van der Waals surface area (Å²) in [5.41, 5.74) is 3.18. The first-order chi connectivity index (χ1) is 13.1. The van der Waals surface area contributed by atoms with Crippen molar-refractivity contribution in [2.24, 2.45) is 0 Å². The topological polar surface area (TPSA) is 56.8 Å². The van der Waals surface area contributed by atoms with Crippen molar-refractivity contribution in [3.8, 4) is 11.3 Å². The Morgan fingerprint density at radius 2 is 2.11 bits per heavy atom. The van der Waals surface area contributed by atoms with Crippen LogP contribution in [0, 0.1) is 11.6 Å². The fraction of sp³-hybridized carbons (Fsp3) is 0.158. The summed E-state index contributed by atoms with van der Waals surface area (Å²) in [6.45, 7) is 2.89. The van der Waals surface area contributed by atoms with Crippen LogP contribution in [-0.4, -0.2) is 21.7 Å². The van der Waals surface area contributed by atoms with E-state index in [1.807, 2.05) is 12.3 Å². The number of anilines is 2. The molecule has 3 heterocycles. The first kappa shape index (κ1) is 17.5. The van der Waals surface area contributed by atoms with Gasteiger partial charge in [-0.25, -0.2) is 8.78 Å². The fourth-order valence-electron chi connectivity index (χ4n) is 3.08. The molecule has 5 nitrogen and oxygen atoms in total. The number of fused-ring (bicyclic) bond motifs is 1. The number of hydrogen-bond acceptors (Lipinski definition) is 4. The number of hydrogen-bond donors (Lipinski definition) is 2. The predicted octanol–water partition coefficient (Wildman–Crippen LogP) is 4.91. The zero-order valence-electron chi connectivity index (χ0n) is 14.4. The molecule has 0 aliphatic carbocycles. The molecular formula is C19H16ClF2N5. The van der Waals surface area contributed by atoms with Crippen molar-refractivity contribution in [1.29, 1.82) is 0 Å². The van der Waals surface area contributed by atoms with Crippen molar-refractivity contribution in [3.63, 3.8) is 0 Å². The summed E-state index contributed by atoms with van der Waals surface area (Å²) >= 11 is 5.79. The van der Waals surface area contributed by atoms with Crippen LogP contribution < -0.4 is 10.2 Å². The van der Waals surface area contributed by atoms with E-state index in [-0.39, 0.29) is 16.6 Å². The maximum atomic E-state index is 14.2. The summed E-state index contributed by atoms with van der Waals surface area (Å²) < 4.78 is 27.6. The minimum Gasteiger partial charge on any atom is -0.373 e. The lowest BCUT2D eigenvalue weighted by Crippen LogP contribution is -2.23. The summed E-state index contributed by atoms with van der Waals surface area (Å²) in [7, 11) is 0. The lowest BCUT2D eigenvalue weighted by atomic mass is 10.1. The van der Waals surface area contributed by atoms with Crippen LogP contribution in [-0.2, 0) is 0 Å². The van der Waals surface area contributed by atoms with Crippen molar-refractivity contribution >= 4 is 23.0 Å². The van der Waals surface area contributed by atoms with E-state index in [1.165, 1.54) is 6.07 Å². The van der Waals surface area contributed by atoms with Crippen molar-refractivity contribution < 1.29 is 8.78 Å². The van der Waals surface area contributed by atoms with Gasteiger partial charge in [0.2, 0.25) is 0 Å². The first-order valence-electron chi connectivity index (χ1n) is 8.42. The Labute approximate surface area is 159 Å². The second-order valence-corrected chi connectivity index (χ2v) is 6.50. The molecule has 138 valence electrons. The minimum absolute atomic E-state index is 0.123. The van der Waals surface area contributed by atoms with Gasteiger partial charge in [0.05, 0.1) is 34.3 Å². The van der Waals surface area contributed by atoms with Gasteiger partial charge in [-0.3, -0.25) is 10.1 Å². The molecule has 0 saturated carbocycles. The average Bonchev–Trinajstić information content (AvgIpc) is 3.15. The Kier molecular flexibility index (Phi) is 4.53. The van der Waals surface area contributed by atoms with Crippen LogP contribution in [0.3, 0.4) is 0 Å². The standard InChI is InChI=1S/C19H16ClF2N5/c1-2-27-6-4-16(19-18(27)10-24-26-19)25-11-3-5-23-17(7-11)12-8-13(20)15(22)9-14(12)21/h3-10,16H,2H2,1H3,(H,23,25)(H,24,26). The first-order valence-corrected chi connectivity index (χ1v) is 8.80. The summed E-state index contributed by atoms with van der Waals surface area (Å²) in [6.07, 6.45) is 7.36. The normalized spacial score (nSPS) is 15.7. The van der Waals surface area contributed by atoms with Crippen LogP contribution in [0.4, 0.5) is 20.2 Å². The van der Waals surface area contributed by atoms with Gasteiger partial charge in [0.25, 0.3) is 0 Å². The van der Waals surface area contributed by atoms with Gasteiger partial charge in [0.1, 0.15) is 11.6 Å². The van der Waals surface area contributed by atoms with Crippen LogP contribution >= 0.6 is 11.6 Å². The fourth-order valence-corrected chi connectivity index (χ4v) is 3.24. The van der Waals surface area contributed by atoms with E-state index < -0.39 is 11.6 Å². The zero-order chi connectivity index (χ0) is 19.0. The van der Waals surface area contributed by atoms with Gasteiger partial charge in [-0.05, 0) is 31.2 Å². The van der Waals surface area contributed by atoms with E-state index in [9.17, 15) is 8.78 Å². The number of aromatic nitrogens is 3. The lowest BCUT2D eigenvalue weighted by molar-refractivity contribution is 0.585. The van der Waals surface area contributed by atoms with Gasteiger partial charge in [0, 0.05) is 36.3 Å². The smallest absolute Gasteiger partial charge is 0.144 e. The van der Waals surface area contributed by atoms with E-state index in [0.29, 0.717) is 5.69 Å². The monoisotopic (exact) mass is 387 g/mol. The van der Waals surface area contributed by atoms with Crippen LogP contribution in [0.5, 0.6) is 0 Å². The maximum absolute atomic E-state index is 14.2.